The Hall–Kier alpha value is -0.650. The maximum absolute atomic E-state index is 11.9. The third kappa shape index (κ3) is 3.81. The molecule has 0 aromatic carbocycles. The Morgan fingerprint density at radius 1 is 1.27 bits per heavy atom. The van der Waals surface area contributed by atoms with Gasteiger partial charge in [0, 0.05) is 13.7 Å². The van der Waals surface area contributed by atoms with E-state index in [1.165, 1.54) is 45.3 Å². The molecule has 22 heavy (non-hydrogen) atoms. The van der Waals surface area contributed by atoms with Gasteiger partial charge in [-0.1, -0.05) is 6.42 Å². The fourth-order valence-corrected chi connectivity index (χ4v) is 3.99. The Labute approximate surface area is 133 Å². The third-order valence-corrected chi connectivity index (χ3v) is 5.43. The molecule has 0 saturated carbocycles. The lowest BCUT2D eigenvalue weighted by atomic mass is 9.82. The molecule has 3 heterocycles. The van der Waals surface area contributed by atoms with Gasteiger partial charge in [-0.25, -0.2) is 0 Å². The van der Waals surface area contributed by atoms with E-state index in [4.69, 9.17) is 9.47 Å². The van der Waals surface area contributed by atoms with Crippen LogP contribution in [0.4, 0.5) is 0 Å². The zero-order valence-electron chi connectivity index (χ0n) is 13.9. The van der Waals surface area contributed by atoms with Gasteiger partial charge in [0.25, 0.3) is 0 Å². The van der Waals surface area contributed by atoms with Crippen LogP contribution >= 0.6 is 0 Å². The molecule has 0 aliphatic carbocycles. The van der Waals surface area contributed by atoms with Gasteiger partial charge in [-0.3, -0.25) is 4.79 Å². The molecule has 0 N–H and O–H groups in total. The molecule has 3 aliphatic heterocycles. The second-order valence-electron chi connectivity index (χ2n) is 7.25. The molecule has 3 rings (SSSR count). The smallest absolute Gasteiger partial charge is 0.225 e. The van der Waals surface area contributed by atoms with Gasteiger partial charge in [0.1, 0.15) is 5.60 Å². The normalized spacial score (nSPS) is 28.6. The highest BCUT2D eigenvalue weighted by Gasteiger charge is 2.48. The number of nitrogens with zero attached hydrogens (tertiary/aromatic N) is 2. The van der Waals surface area contributed by atoms with E-state index in [9.17, 15) is 4.79 Å². The lowest BCUT2D eigenvalue weighted by molar-refractivity contribution is -0.190. The quantitative estimate of drug-likeness (QED) is 0.772. The van der Waals surface area contributed by atoms with E-state index in [0.717, 1.165) is 26.1 Å². The summed E-state index contributed by atoms with van der Waals surface area (Å²) in [5.41, 5.74) is -0.0267. The molecule has 5 heteroatoms. The second-order valence-corrected chi connectivity index (χ2v) is 7.25. The zero-order valence-corrected chi connectivity index (χ0v) is 13.9. The van der Waals surface area contributed by atoms with Crippen LogP contribution in [0.1, 0.15) is 38.5 Å². The average molecular weight is 310 g/mol. The van der Waals surface area contributed by atoms with E-state index in [1.54, 1.807) is 7.11 Å². The monoisotopic (exact) mass is 310 g/mol. The number of hydrogen-bond acceptors (Lipinski definition) is 4. The Morgan fingerprint density at radius 2 is 2.05 bits per heavy atom. The zero-order chi connectivity index (χ0) is 15.4. The molecule has 0 aromatic heterocycles. The van der Waals surface area contributed by atoms with Crippen LogP contribution in [0.15, 0.2) is 0 Å². The van der Waals surface area contributed by atoms with E-state index in [1.807, 2.05) is 4.90 Å². The maximum atomic E-state index is 11.9. The van der Waals surface area contributed by atoms with Crippen LogP contribution in [0.5, 0.6) is 0 Å². The number of likely N-dealkylation sites (tertiary alicyclic amines) is 2. The summed E-state index contributed by atoms with van der Waals surface area (Å²) in [4.78, 5) is 16.4. The van der Waals surface area contributed by atoms with Crippen molar-refractivity contribution in [3.63, 3.8) is 0 Å². The van der Waals surface area contributed by atoms with Crippen molar-refractivity contribution in [1.82, 2.24) is 9.80 Å². The van der Waals surface area contributed by atoms with E-state index in [2.05, 4.69) is 4.90 Å². The van der Waals surface area contributed by atoms with Crippen LogP contribution < -0.4 is 0 Å². The van der Waals surface area contributed by atoms with Crippen molar-refractivity contribution in [3.8, 4) is 0 Å². The molecule has 0 aromatic rings. The Kier molecular flexibility index (Phi) is 5.37. The molecule has 0 bridgehead atoms. The van der Waals surface area contributed by atoms with Crippen molar-refractivity contribution >= 4 is 5.91 Å². The van der Waals surface area contributed by atoms with Crippen LogP contribution in [-0.2, 0) is 14.3 Å². The molecule has 1 amide bonds. The second kappa shape index (κ2) is 7.28. The number of rotatable bonds is 5. The van der Waals surface area contributed by atoms with Crippen LogP contribution in [-0.4, -0.2) is 74.4 Å². The summed E-state index contributed by atoms with van der Waals surface area (Å²) in [6.45, 7) is 6.69. The summed E-state index contributed by atoms with van der Waals surface area (Å²) in [7, 11) is 1.64. The Balaban J connectivity index is 1.36. The number of carbonyl (C=O) groups is 1. The first kappa shape index (κ1) is 16.2. The Morgan fingerprint density at radius 3 is 2.68 bits per heavy atom. The highest BCUT2D eigenvalue weighted by molar-refractivity contribution is 5.77. The first-order valence-electron chi connectivity index (χ1n) is 8.84. The molecular formula is C17H30N2O3. The molecule has 1 spiro atoms. The van der Waals surface area contributed by atoms with Gasteiger partial charge >= 0.3 is 0 Å². The summed E-state index contributed by atoms with van der Waals surface area (Å²) in [5.74, 6) is 0.883. The minimum atomic E-state index is -0.0267. The number of ether oxygens (including phenoxy) is 2. The SMILES string of the molecule is COCCC(=O)N1CC2(CCC(CN3CCCCC3)CO2)C1. The molecular weight excluding hydrogens is 280 g/mol. The number of carbonyl (C=O) groups excluding carboxylic acids is 1. The molecule has 3 fully saturated rings. The van der Waals surface area contributed by atoms with Crippen molar-refractivity contribution in [1.29, 1.82) is 0 Å². The highest BCUT2D eigenvalue weighted by Crippen LogP contribution is 2.36. The van der Waals surface area contributed by atoms with Crippen molar-refractivity contribution in [2.45, 2.75) is 44.1 Å². The van der Waals surface area contributed by atoms with Crippen molar-refractivity contribution < 1.29 is 14.3 Å². The average Bonchev–Trinajstić information content (AvgIpc) is 2.52. The summed E-state index contributed by atoms with van der Waals surface area (Å²) < 4.78 is 11.2. The first-order valence-corrected chi connectivity index (χ1v) is 8.84. The molecule has 0 radical (unpaired) electrons. The van der Waals surface area contributed by atoms with Gasteiger partial charge in [0.2, 0.25) is 5.91 Å². The largest absolute Gasteiger partial charge is 0.384 e. The third-order valence-electron chi connectivity index (χ3n) is 5.43. The fraction of sp³-hybridized carbons (Fsp3) is 0.941. The number of methoxy groups -OCH3 is 1. The predicted octanol–water partition coefficient (Wildman–Crippen LogP) is 1.52. The van der Waals surface area contributed by atoms with Crippen LogP contribution in [0.2, 0.25) is 0 Å². The van der Waals surface area contributed by atoms with Gasteiger partial charge in [-0.05, 0) is 44.7 Å². The van der Waals surface area contributed by atoms with E-state index >= 15 is 0 Å². The first-order chi connectivity index (χ1) is 10.7. The van der Waals surface area contributed by atoms with Crippen molar-refractivity contribution in [2.24, 2.45) is 5.92 Å². The van der Waals surface area contributed by atoms with Gasteiger partial charge in [-0.2, -0.15) is 0 Å². The van der Waals surface area contributed by atoms with Gasteiger partial charge in [0.05, 0.1) is 32.7 Å². The van der Waals surface area contributed by atoms with Gasteiger partial charge in [-0.15, -0.1) is 0 Å². The number of hydrogen-bond donors (Lipinski definition) is 0. The topological polar surface area (TPSA) is 42.0 Å². The van der Waals surface area contributed by atoms with E-state index in [0.29, 0.717) is 18.9 Å². The lowest BCUT2D eigenvalue weighted by Crippen LogP contribution is -2.66. The molecule has 5 nitrogen and oxygen atoms in total. The summed E-state index contributed by atoms with van der Waals surface area (Å²) in [6.07, 6.45) is 6.96. The minimum absolute atomic E-state index is 0.0267. The van der Waals surface area contributed by atoms with Crippen molar-refractivity contribution in [3.05, 3.63) is 0 Å². The van der Waals surface area contributed by atoms with Crippen LogP contribution in [0.3, 0.4) is 0 Å². The Bertz CT molecular complexity index is 366. The van der Waals surface area contributed by atoms with Crippen LogP contribution in [0.25, 0.3) is 0 Å². The molecule has 126 valence electrons. The fourth-order valence-electron chi connectivity index (χ4n) is 3.99. The van der Waals surface area contributed by atoms with Crippen LogP contribution in [0, 0.1) is 5.92 Å². The molecule has 3 saturated heterocycles. The summed E-state index contributed by atoms with van der Waals surface area (Å²) >= 11 is 0. The minimum Gasteiger partial charge on any atom is -0.384 e. The predicted molar refractivity (Wildman–Crippen MR) is 84.8 cm³/mol. The van der Waals surface area contributed by atoms with Crippen molar-refractivity contribution in [2.75, 3.05) is 53.0 Å². The van der Waals surface area contributed by atoms with E-state index < -0.39 is 0 Å². The maximum Gasteiger partial charge on any atom is 0.225 e. The highest BCUT2D eigenvalue weighted by atomic mass is 16.5. The molecule has 1 unspecified atom stereocenters. The molecule has 1 atom stereocenters. The van der Waals surface area contributed by atoms with E-state index in [-0.39, 0.29) is 11.5 Å². The summed E-state index contributed by atoms with van der Waals surface area (Å²) in [5, 5.41) is 0. The van der Waals surface area contributed by atoms with Gasteiger partial charge in [0.15, 0.2) is 0 Å². The molecule has 3 aliphatic rings. The number of piperidine rings is 1. The summed E-state index contributed by atoms with van der Waals surface area (Å²) in [6, 6.07) is 0. The standard InChI is InChI=1S/C17H30N2O3/c1-21-10-6-16(20)19-13-17(14-19)7-5-15(12-22-17)11-18-8-3-2-4-9-18/h15H,2-14H2,1H3. The lowest BCUT2D eigenvalue weighted by Gasteiger charge is -2.53. The van der Waals surface area contributed by atoms with Gasteiger partial charge < -0.3 is 19.3 Å². The number of amides is 1.